The van der Waals surface area contributed by atoms with Crippen LogP contribution in [0, 0.1) is 5.92 Å². The van der Waals surface area contributed by atoms with E-state index < -0.39 is 0 Å². The predicted octanol–water partition coefficient (Wildman–Crippen LogP) is 2.65. The maximum absolute atomic E-state index is 5.92. The minimum absolute atomic E-state index is 0.303. The summed E-state index contributed by atoms with van der Waals surface area (Å²) in [7, 11) is 0. The van der Waals surface area contributed by atoms with Crippen molar-refractivity contribution >= 4 is 11.8 Å². The molecule has 6 heteroatoms. The smallest absolute Gasteiger partial charge is 0.224 e. The summed E-state index contributed by atoms with van der Waals surface area (Å²) in [6.45, 7) is 5.62. The maximum Gasteiger partial charge on any atom is 0.224 e. The first-order valence-corrected chi connectivity index (χ1v) is 8.10. The number of anilines is 2. The largest absolute Gasteiger partial charge is 0.368 e. The summed E-state index contributed by atoms with van der Waals surface area (Å²) in [5.74, 6) is 2.61. The average molecular weight is 300 g/mol. The van der Waals surface area contributed by atoms with Crippen LogP contribution in [0.5, 0.6) is 0 Å². The van der Waals surface area contributed by atoms with Gasteiger partial charge in [0.05, 0.1) is 0 Å². The molecule has 118 valence electrons. The lowest BCUT2D eigenvalue weighted by Gasteiger charge is -2.30. The molecule has 0 aliphatic carbocycles. The Hall–Kier alpha value is -2.11. The Labute approximate surface area is 131 Å². The van der Waals surface area contributed by atoms with Crippen LogP contribution < -0.4 is 10.6 Å². The number of nitrogens with two attached hydrogens (primary N) is 1. The van der Waals surface area contributed by atoms with Gasteiger partial charge in [0.25, 0.3) is 0 Å². The van der Waals surface area contributed by atoms with Gasteiger partial charge in [-0.3, -0.25) is 0 Å². The summed E-state index contributed by atoms with van der Waals surface area (Å²) >= 11 is 0. The molecule has 2 aromatic rings. The molecule has 2 aromatic heterocycles. The predicted molar refractivity (Wildman–Crippen MR) is 88.0 cm³/mol. The highest BCUT2D eigenvalue weighted by Crippen LogP contribution is 2.31. The van der Waals surface area contributed by atoms with Gasteiger partial charge >= 0.3 is 0 Å². The molecule has 0 radical (unpaired) electrons. The van der Waals surface area contributed by atoms with E-state index in [0.29, 0.717) is 17.9 Å². The number of aromatic nitrogens is 4. The molecule has 22 heavy (non-hydrogen) atoms. The van der Waals surface area contributed by atoms with Crippen molar-refractivity contribution in [3.63, 3.8) is 0 Å². The molecule has 0 spiro atoms. The molecule has 1 fully saturated rings. The lowest BCUT2D eigenvalue weighted by molar-refractivity contribution is 0.420. The van der Waals surface area contributed by atoms with Crippen LogP contribution in [0.4, 0.5) is 11.8 Å². The fraction of sp³-hybridized carbons (Fsp3) is 0.562. The standard InChI is InChI=1S/C16H24N6/c1-3-6-12(2)13-7-4-9-21(13)14-11-15(20-16(17)19-14)22-10-5-8-18-22/h5,8,10-13H,3-4,6-7,9H2,1-2H3,(H2,17,19,20)/t12-,13+/m0/s1. The highest BCUT2D eigenvalue weighted by molar-refractivity contribution is 5.49. The minimum atomic E-state index is 0.303. The van der Waals surface area contributed by atoms with Gasteiger partial charge in [-0.25, -0.2) is 4.68 Å². The number of nitrogen functional groups attached to an aromatic ring is 1. The monoisotopic (exact) mass is 300 g/mol. The second-order valence-electron chi connectivity index (χ2n) is 6.06. The maximum atomic E-state index is 5.92. The molecule has 1 aliphatic heterocycles. The topological polar surface area (TPSA) is 72.9 Å². The normalized spacial score (nSPS) is 19.5. The van der Waals surface area contributed by atoms with Crippen LogP contribution in [0.2, 0.25) is 0 Å². The molecule has 1 aliphatic rings. The van der Waals surface area contributed by atoms with Gasteiger partial charge in [0.2, 0.25) is 5.95 Å². The van der Waals surface area contributed by atoms with Crippen LogP contribution in [-0.4, -0.2) is 32.3 Å². The van der Waals surface area contributed by atoms with Crippen LogP contribution in [0.1, 0.15) is 39.5 Å². The molecule has 3 rings (SSSR count). The summed E-state index contributed by atoms with van der Waals surface area (Å²) in [5, 5.41) is 4.23. The fourth-order valence-electron chi connectivity index (χ4n) is 3.42. The molecular weight excluding hydrogens is 276 g/mol. The van der Waals surface area contributed by atoms with Crippen LogP contribution in [-0.2, 0) is 0 Å². The molecular formula is C16H24N6. The van der Waals surface area contributed by atoms with Crippen LogP contribution >= 0.6 is 0 Å². The molecule has 1 saturated heterocycles. The quantitative estimate of drug-likeness (QED) is 0.919. The van der Waals surface area contributed by atoms with Crippen molar-refractivity contribution < 1.29 is 0 Å². The molecule has 0 bridgehead atoms. The van der Waals surface area contributed by atoms with E-state index >= 15 is 0 Å². The first-order chi connectivity index (χ1) is 10.7. The van der Waals surface area contributed by atoms with Gasteiger partial charge in [-0.15, -0.1) is 0 Å². The Kier molecular flexibility index (Phi) is 4.27. The molecule has 6 nitrogen and oxygen atoms in total. The third-order valence-electron chi connectivity index (χ3n) is 4.45. The van der Waals surface area contributed by atoms with Crippen LogP contribution in [0.25, 0.3) is 5.82 Å². The van der Waals surface area contributed by atoms with Gasteiger partial charge < -0.3 is 10.6 Å². The van der Waals surface area contributed by atoms with E-state index in [2.05, 4.69) is 33.8 Å². The lowest BCUT2D eigenvalue weighted by Crippen LogP contribution is -2.35. The molecule has 0 unspecified atom stereocenters. The van der Waals surface area contributed by atoms with Crippen molar-refractivity contribution in [3.05, 3.63) is 24.5 Å². The van der Waals surface area contributed by atoms with Crippen LogP contribution in [0.15, 0.2) is 24.5 Å². The number of nitrogens with zero attached hydrogens (tertiary/aromatic N) is 5. The van der Waals surface area contributed by atoms with E-state index in [1.54, 1.807) is 10.9 Å². The second kappa shape index (κ2) is 6.34. The van der Waals surface area contributed by atoms with Gasteiger partial charge in [0, 0.05) is 31.0 Å². The first-order valence-electron chi connectivity index (χ1n) is 8.10. The van der Waals surface area contributed by atoms with Gasteiger partial charge in [0.15, 0.2) is 5.82 Å². The molecule has 0 saturated carbocycles. The molecule has 0 amide bonds. The molecule has 2 N–H and O–H groups in total. The zero-order valence-corrected chi connectivity index (χ0v) is 13.3. The SMILES string of the molecule is CCC[C@H](C)[C@H]1CCCN1c1cc(-n2cccn2)nc(N)n1. The zero-order chi connectivity index (χ0) is 15.5. The molecule has 0 aromatic carbocycles. The molecule has 2 atom stereocenters. The highest BCUT2D eigenvalue weighted by Gasteiger charge is 2.30. The Balaban J connectivity index is 1.90. The third-order valence-corrected chi connectivity index (χ3v) is 4.45. The van der Waals surface area contributed by atoms with E-state index in [-0.39, 0.29) is 0 Å². The zero-order valence-electron chi connectivity index (χ0n) is 13.3. The molecule has 3 heterocycles. The minimum Gasteiger partial charge on any atom is -0.368 e. The summed E-state index contributed by atoms with van der Waals surface area (Å²) in [6.07, 6.45) is 8.50. The lowest BCUT2D eigenvalue weighted by atomic mass is 9.95. The van der Waals surface area contributed by atoms with Crippen LogP contribution in [0.3, 0.4) is 0 Å². The summed E-state index contributed by atoms with van der Waals surface area (Å²) in [5.41, 5.74) is 5.92. The second-order valence-corrected chi connectivity index (χ2v) is 6.06. The van der Waals surface area contributed by atoms with E-state index in [1.807, 2.05) is 18.3 Å². The van der Waals surface area contributed by atoms with Gasteiger partial charge in [-0.2, -0.15) is 15.1 Å². The van der Waals surface area contributed by atoms with Crippen molar-refractivity contribution in [2.75, 3.05) is 17.2 Å². The Bertz CT molecular complexity index is 609. The summed E-state index contributed by atoms with van der Waals surface area (Å²) in [4.78, 5) is 11.2. The Morgan fingerprint density at radius 3 is 2.91 bits per heavy atom. The number of hydrogen-bond acceptors (Lipinski definition) is 5. The van der Waals surface area contributed by atoms with E-state index in [9.17, 15) is 0 Å². The van der Waals surface area contributed by atoms with Crippen molar-refractivity contribution in [2.45, 2.75) is 45.6 Å². The van der Waals surface area contributed by atoms with E-state index in [1.165, 1.54) is 25.7 Å². The third kappa shape index (κ3) is 2.91. The number of rotatable bonds is 5. The van der Waals surface area contributed by atoms with Gasteiger partial charge in [-0.05, 0) is 31.2 Å². The van der Waals surface area contributed by atoms with Crippen molar-refractivity contribution in [1.82, 2.24) is 19.7 Å². The summed E-state index contributed by atoms with van der Waals surface area (Å²) < 4.78 is 1.72. The highest BCUT2D eigenvalue weighted by atomic mass is 15.3. The van der Waals surface area contributed by atoms with Gasteiger partial charge in [0.1, 0.15) is 5.82 Å². The number of hydrogen-bond donors (Lipinski definition) is 1. The summed E-state index contributed by atoms with van der Waals surface area (Å²) in [6, 6.07) is 4.40. The van der Waals surface area contributed by atoms with E-state index in [4.69, 9.17) is 5.73 Å². The van der Waals surface area contributed by atoms with Crippen molar-refractivity contribution in [2.24, 2.45) is 5.92 Å². The Morgan fingerprint density at radius 1 is 1.36 bits per heavy atom. The average Bonchev–Trinajstić information content (AvgIpc) is 3.18. The van der Waals surface area contributed by atoms with Gasteiger partial charge in [-0.1, -0.05) is 20.3 Å². The van der Waals surface area contributed by atoms with Crippen molar-refractivity contribution in [1.29, 1.82) is 0 Å². The first kappa shape index (κ1) is 14.8. The van der Waals surface area contributed by atoms with Crippen molar-refractivity contribution in [3.8, 4) is 5.82 Å². The fourth-order valence-corrected chi connectivity index (χ4v) is 3.42. The Morgan fingerprint density at radius 2 is 2.18 bits per heavy atom. The van der Waals surface area contributed by atoms with E-state index in [0.717, 1.165) is 18.2 Å².